The number of unbranched alkanes of at least 4 members (excludes halogenated alkanes) is 3. The number of carbonyl (C=O) groups is 1. The Morgan fingerprint density at radius 1 is 1.19 bits per heavy atom. The highest BCUT2D eigenvalue weighted by atomic mass is 16.4. The smallest absolute Gasteiger partial charge is 0.303 e. The van der Waals surface area contributed by atoms with Crippen molar-refractivity contribution in [3.8, 4) is 6.19 Å². The number of benzene rings is 1. The van der Waals surface area contributed by atoms with E-state index in [1.54, 1.807) is 6.20 Å². The number of hydrogen-bond donors (Lipinski definition) is 3. The molecule has 0 aliphatic carbocycles. The molecule has 1 aromatic carbocycles. The number of hydrogen-bond acceptors (Lipinski definition) is 4. The number of carboxylic acids is 1. The van der Waals surface area contributed by atoms with E-state index in [2.05, 4.69) is 26.7 Å². The van der Waals surface area contributed by atoms with E-state index in [0.29, 0.717) is 12.4 Å². The second kappa shape index (κ2) is 12.3. The van der Waals surface area contributed by atoms with Crippen LogP contribution in [0.5, 0.6) is 0 Å². The summed E-state index contributed by atoms with van der Waals surface area (Å²) in [4.78, 5) is 19.5. The molecule has 1 heterocycles. The lowest BCUT2D eigenvalue weighted by Crippen LogP contribution is -2.30. The van der Waals surface area contributed by atoms with E-state index in [1.807, 2.05) is 69.6 Å². The Hall–Kier alpha value is -3.66. The van der Waals surface area contributed by atoms with Crippen LogP contribution in [0.4, 0.5) is 5.69 Å². The minimum Gasteiger partial charge on any atom is -0.481 e. The topological polar surface area (TPSA) is 110 Å². The van der Waals surface area contributed by atoms with Crippen LogP contribution in [0.1, 0.15) is 64.0 Å². The number of carboxylic acid groups (broad SMARTS) is 1. The molecule has 2 aromatic rings. The van der Waals surface area contributed by atoms with Crippen molar-refractivity contribution in [1.29, 1.82) is 5.26 Å². The number of nitrogens with one attached hydrogen (secondary N) is 2. The number of aromatic nitrogens is 1. The summed E-state index contributed by atoms with van der Waals surface area (Å²) in [6, 6.07) is 11.9. The fourth-order valence-corrected chi connectivity index (χ4v) is 3.14. The zero-order chi connectivity index (χ0) is 23.4. The van der Waals surface area contributed by atoms with E-state index >= 15 is 0 Å². The third kappa shape index (κ3) is 9.00. The molecule has 0 unspecified atom stereocenters. The van der Waals surface area contributed by atoms with Gasteiger partial charge in [0.1, 0.15) is 0 Å². The Kier molecular flexibility index (Phi) is 9.43. The van der Waals surface area contributed by atoms with Crippen molar-refractivity contribution in [2.45, 2.75) is 58.4 Å². The molecule has 0 aliphatic heterocycles. The van der Waals surface area contributed by atoms with Crippen LogP contribution in [0.25, 0.3) is 5.57 Å². The summed E-state index contributed by atoms with van der Waals surface area (Å²) in [5, 5.41) is 23.6. The largest absolute Gasteiger partial charge is 0.481 e. The van der Waals surface area contributed by atoms with Crippen molar-refractivity contribution in [3.63, 3.8) is 0 Å². The minimum atomic E-state index is -0.749. The van der Waals surface area contributed by atoms with Gasteiger partial charge in [-0.2, -0.15) is 5.26 Å². The Bertz CT molecular complexity index is 985. The van der Waals surface area contributed by atoms with Gasteiger partial charge in [0.05, 0.1) is 5.54 Å². The van der Waals surface area contributed by atoms with Gasteiger partial charge in [0, 0.05) is 30.1 Å². The lowest BCUT2D eigenvalue weighted by Gasteiger charge is -2.17. The molecule has 1 aromatic heterocycles. The molecule has 2 rings (SSSR count). The summed E-state index contributed by atoms with van der Waals surface area (Å²) in [5.41, 5.74) is 3.55. The first-order valence-electron chi connectivity index (χ1n) is 10.7. The first-order chi connectivity index (χ1) is 15.3. The van der Waals surface area contributed by atoms with Gasteiger partial charge >= 0.3 is 5.97 Å². The number of anilines is 1. The van der Waals surface area contributed by atoms with Gasteiger partial charge in [0.25, 0.3) is 0 Å². The third-order valence-corrected chi connectivity index (χ3v) is 4.47. The van der Waals surface area contributed by atoms with Crippen LogP contribution in [-0.2, 0) is 4.79 Å². The van der Waals surface area contributed by atoms with E-state index in [1.165, 1.54) is 0 Å². The van der Waals surface area contributed by atoms with E-state index in [0.717, 1.165) is 41.6 Å². The minimum absolute atomic E-state index is 0.210. The summed E-state index contributed by atoms with van der Waals surface area (Å²) in [6.45, 7) is 5.89. The summed E-state index contributed by atoms with van der Waals surface area (Å²) in [7, 11) is 0. The molecule has 0 spiro atoms. The molecule has 0 amide bonds. The number of allylic oxidation sites excluding steroid dienone is 1. The standard InChI is InChI=1S/C25H31N5O2/c1-25(2,3)30-24(28-18-26)29-21-12-8-10-19(16-21)22(20-11-9-15-27-17-20)13-6-4-5-7-14-23(31)32/h8-13,15-17H,4-7,14H2,1-3H3,(H,31,32)(H2,28,29,30)/b22-13+. The number of aliphatic carboxylic acids is 1. The van der Waals surface area contributed by atoms with E-state index in [9.17, 15) is 4.79 Å². The van der Waals surface area contributed by atoms with Crippen molar-refractivity contribution >= 4 is 23.2 Å². The molecule has 7 nitrogen and oxygen atoms in total. The summed E-state index contributed by atoms with van der Waals surface area (Å²) >= 11 is 0. The van der Waals surface area contributed by atoms with Crippen molar-refractivity contribution in [2.75, 3.05) is 5.32 Å². The molecular weight excluding hydrogens is 402 g/mol. The Morgan fingerprint density at radius 3 is 2.62 bits per heavy atom. The number of nitrogens with zero attached hydrogens (tertiary/aromatic N) is 3. The van der Waals surface area contributed by atoms with Crippen LogP contribution in [0.15, 0.2) is 59.9 Å². The Morgan fingerprint density at radius 2 is 1.97 bits per heavy atom. The zero-order valence-corrected chi connectivity index (χ0v) is 18.9. The van der Waals surface area contributed by atoms with E-state index in [4.69, 9.17) is 10.4 Å². The molecule has 3 N–H and O–H groups in total. The summed E-state index contributed by atoms with van der Waals surface area (Å²) in [5.74, 6) is -0.358. The molecule has 0 aliphatic rings. The molecule has 0 bridgehead atoms. The molecule has 32 heavy (non-hydrogen) atoms. The van der Waals surface area contributed by atoms with Crippen molar-refractivity contribution in [3.05, 3.63) is 66.0 Å². The lowest BCUT2D eigenvalue weighted by molar-refractivity contribution is -0.137. The SMILES string of the molecule is CC(C)(C)N=C(NC#N)Nc1cccc(/C(=C\CCCCCC(=O)O)c2cccnc2)c1. The van der Waals surface area contributed by atoms with Crippen molar-refractivity contribution < 1.29 is 9.90 Å². The van der Waals surface area contributed by atoms with Crippen LogP contribution in [0.2, 0.25) is 0 Å². The normalized spacial score (nSPS) is 12.2. The highest BCUT2D eigenvalue weighted by Gasteiger charge is 2.11. The first-order valence-corrected chi connectivity index (χ1v) is 10.7. The van der Waals surface area contributed by atoms with Gasteiger partial charge < -0.3 is 10.4 Å². The maximum atomic E-state index is 10.7. The highest BCUT2D eigenvalue weighted by molar-refractivity contribution is 5.95. The fraction of sp³-hybridized carbons (Fsp3) is 0.360. The molecule has 0 saturated heterocycles. The van der Waals surface area contributed by atoms with Gasteiger partial charge in [-0.25, -0.2) is 4.99 Å². The van der Waals surface area contributed by atoms with Crippen LogP contribution in [0, 0.1) is 11.5 Å². The van der Waals surface area contributed by atoms with Crippen molar-refractivity contribution in [1.82, 2.24) is 10.3 Å². The molecule has 0 fully saturated rings. The van der Waals surface area contributed by atoms with Gasteiger partial charge in [-0.15, -0.1) is 0 Å². The molecule has 0 atom stereocenters. The van der Waals surface area contributed by atoms with Gasteiger partial charge in [0.2, 0.25) is 5.96 Å². The first kappa shape index (κ1) is 24.6. The van der Waals surface area contributed by atoms with Gasteiger partial charge in [0.15, 0.2) is 6.19 Å². The number of nitriles is 1. The van der Waals surface area contributed by atoms with Crippen LogP contribution in [0.3, 0.4) is 0 Å². The summed E-state index contributed by atoms with van der Waals surface area (Å²) < 4.78 is 0. The van der Waals surface area contributed by atoms with Crippen LogP contribution in [-0.4, -0.2) is 27.6 Å². The van der Waals surface area contributed by atoms with Gasteiger partial charge in [-0.3, -0.25) is 15.1 Å². The predicted octanol–water partition coefficient (Wildman–Crippen LogP) is 5.19. The second-order valence-corrected chi connectivity index (χ2v) is 8.43. The van der Waals surface area contributed by atoms with Crippen LogP contribution < -0.4 is 10.6 Å². The highest BCUT2D eigenvalue weighted by Crippen LogP contribution is 2.26. The van der Waals surface area contributed by atoms with Crippen LogP contribution >= 0.6 is 0 Å². The Balaban J connectivity index is 2.25. The maximum Gasteiger partial charge on any atom is 0.303 e. The van der Waals surface area contributed by atoms with E-state index in [-0.39, 0.29) is 12.0 Å². The average Bonchev–Trinajstić information content (AvgIpc) is 2.73. The maximum absolute atomic E-state index is 10.7. The predicted molar refractivity (Wildman–Crippen MR) is 128 cm³/mol. The lowest BCUT2D eigenvalue weighted by atomic mass is 9.97. The summed E-state index contributed by atoms with van der Waals surface area (Å²) in [6.07, 6.45) is 11.2. The quantitative estimate of drug-likeness (QED) is 0.165. The van der Waals surface area contributed by atoms with Gasteiger partial charge in [-0.05, 0) is 69.4 Å². The van der Waals surface area contributed by atoms with E-state index < -0.39 is 5.97 Å². The molecule has 168 valence electrons. The van der Waals surface area contributed by atoms with Gasteiger partial charge in [-0.1, -0.05) is 30.7 Å². The number of rotatable bonds is 9. The molecular formula is C25H31N5O2. The third-order valence-electron chi connectivity index (χ3n) is 4.47. The average molecular weight is 434 g/mol. The molecule has 0 saturated carbocycles. The fourth-order valence-electron chi connectivity index (χ4n) is 3.14. The van der Waals surface area contributed by atoms with Crippen molar-refractivity contribution in [2.24, 2.45) is 4.99 Å². The Labute approximate surface area is 189 Å². The molecule has 7 heteroatoms. The number of aliphatic imine (C=N–C) groups is 1. The molecule has 0 radical (unpaired) electrons. The number of guanidine groups is 1. The second-order valence-electron chi connectivity index (χ2n) is 8.43. The monoisotopic (exact) mass is 433 g/mol. The zero-order valence-electron chi connectivity index (χ0n) is 18.9. The number of pyridine rings is 1.